The molecule has 0 saturated heterocycles. The summed E-state index contributed by atoms with van der Waals surface area (Å²) >= 11 is 0. The first kappa shape index (κ1) is 53.7. The minimum absolute atomic E-state index is 0.107. The zero-order chi connectivity index (χ0) is 44.3. The number of amides is 1. The van der Waals surface area contributed by atoms with E-state index < -0.39 is 6.23 Å². The van der Waals surface area contributed by atoms with Crippen LogP contribution >= 0.6 is 0 Å². The molecule has 0 aromatic carbocycles. The molecule has 1 N–H and O–H groups in total. The van der Waals surface area contributed by atoms with Gasteiger partial charge in [0.2, 0.25) is 5.91 Å². The molecular weight excluding hydrogens is 755 g/mol. The molecule has 2 atom stereocenters. The number of hydrogen-bond acceptors (Lipinski definition) is 6. The van der Waals surface area contributed by atoms with Crippen LogP contribution in [0, 0.1) is 0 Å². The Bertz CT molecular complexity index is 1630. The number of rotatable bonds is 33. The quantitative estimate of drug-likeness (QED) is 0.0526. The van der Waals surface area contributed by atoms with Crippen molar-refractivity contribution in [3.63, 3.8) is 0 Å². The van der Waals surface area contributed by atoms with E-state index in [0.29, 0.717) is 37.3 Å². The number of allylic oxidation sites excluding steroid dienone is 24. The van der Waals surface area contributed by atoms with Crippen LogP contribution in [0.15, 0.2) is 175 Å². The third-order valence-electron chi connectivity index (χ3n) is 8.75. The smallest absolute Gasteiger partial charge is 0.306 e. The van der Waals surface area contributed by atoms with Gasteiger partial charge in [0.1, 0.15) is 24.5 Å². The van der Waals surface area contributed by atoms with Gasteiger partial charge in [-0.15, -0.1) is 0 Å². The number of aliphatic imine (C=N–C) groups is 1. The van der Waals surface area contributed by atoms with Crippen molar-refractivity contribution in [2.45, 2.75) is 143 Å². The lowest BCUT2D eigenvalue weighted by molar-refractivity contribution is -0.151. The van der Waals surface area contributed by atoms with Gasteiger partial charge in [-0.3, -0.25) is 9.59 Å². The highest BCUT2D eigenvalue weighted by Gasteiger charge is 2.20. The van der Waals surface area contributed by atoms with E-state index >= 15 is 0 Å². The second-order valence-corrected chi connectivity index (χ2v) is 14.3. The lowest BCUT2D eigenvalue weighted by Gasteiger charge is -2.31. The lowest BCUT2D eigenvalue weighted by Crippen LogP contribution is -2.38. The molecule has 1 rings (SSSR count). The van der Waals surface area contributed by atoms with Gasteiger partial charge < -0.3 is 19.7 Å². The van der Waals surface area contributed by atoms with Crippen molar-refractivity contribution in [2.24, 2.45) is 4.99 Å². The van der Waals surface area contributed by atoms with Crippen LogP contribution in [-0.4, -0.2) is 41.6 Å². The standard InChI is InChI=1S/C54H77N3O4/c1-6-8-10-12-14-16-18-20-22-24-26-28-30-32-34-36-38-40-42-44-53(58)56-52-46-47-57(50(4)55-52)51(5)61-49(3)48-60-54(59)45-43-41-39-37-35-33-31-29-27-25-23-21-19-17-15-13-11-9-7-2/h8-11,14-17,20-23,26-29,32-35,38-41,46-47,49,51H,4,6-7,12-13,18-19,24-25,30-31,36-37,42-45,48H2,1-3,5H3,(H,55,56,58). The Balaban J connectivity index is 2.15. The minimum atomic E-state index is -0.398. The van der Waals surface area contributed by atoms with Crippen molar-refractivity contribution in [2.75, 3.05) is 6.61 Å². The van der Waals surface area contributed by atoms with Crippen LogP contribution in [-0.2, 0) is 19.1 Å². The summed E-state index contributed by atoms with van der Waals surface area (Å²) in [6, 6.07) is 0. The Hall–Kier alpha value is -5.27. The van der Waals surface area contributed by atoms with E-state index in [-0.39, 0.29) is 24.6 Å². The molecule has 0 fully saturated rings. The molecule has 2 unspecified atom stereocenters. The predicted octanol–water partition coefficient (Wildman–Crippen LogP) is 14.1. The zero-order valence-electron chi connectivity index (χ0n) is 37.9. The summed E-state index contributed by atoms with van der Waals surface area (Å²) in [4.78, 5) is 31.0. The minimum Gasteiger partial charge on any atom is -0.463 e. The number of nitrogens with one attached hydrogen (secondary N) is 1. The van der Waals surface area contributed by atoms with Crippen molar-refractivity contribution in [3.8, 4) is 0 Å². The topological polar surface area (TPSA) is 80.2 Å². The van der Waals surface area contributed by atoms with Crippen LogP contribution in [0.5, 0.6) is 0 Å². The molecule has 7 heteroatoms. The van der Waals surface area contributed by atoms with E-state index in [9.17, 15) is 9.59 Å². The number of hydrogen-bond donors (Lipinski definition) is 1. The van der Waals surface area contributed by atoms with Crippen molar-refractivity contribution in [1.29, 1.82) is 0 Å². The molecule has 0 spiro atoms. The molecule has 1 amide bonds. The first-order valence-electron chi connectivity index (χ1n) is 22.5. The number of amidine groups is 1. The Kier molecular flexibility index (Phi) is 35.4. The van der Waals surface area contributed by atoms with Crippen LogP contribution in [0.2, 0.25) is 0 Å². The molecule has 61 heavy (non-hydrogen) atoms. The molecule has 1 heterocycles. The summed E-state index contributed by atoms with van der Waals surface area (Å²) in [7, 11) is 0. The van der Waals surface area contributed by atoms with E-state index in [0.717, 1.165) is 77.0 Å². The van der Waals surface area contributed by atoms with E-state index in [2.05, 4.69) is 164 Å². The first-order valence-corrected chi connectivity index (χ1v) is 22.5. The third-order valence-corrected chi connectivity index (χ3v) is 8.75. The number of ether oxygens (including phenoxy) is 2. The molecule has 0 aromatic rings. The fraction of sp³-hybridized carbons (Fsp3) is 0.426. The van der Waals surface area contributed by atoms with E-state index in [1.807, 2.05) is 26.0 Å². The van der Waals surface area contributed by atoms with Gasteiger partial charge in [0.25, 0.3) is 0 Å². The van der Waals surface area contributed by atoms with E-state index in [4.69, 9.17) is 9.47 Å². The van der Waals surface area contributed by atoms with Crippen LogP contribution in [0.4, 0.5) is 0 Å². The predicted molar refractivity (Wildman–Crippen MR) is 262 cm³/mol. The Labute approximate surface area is 370 Å². The van der Waals surface area contributed by atoms with Crippen molar-refractivity contribution in [3.05, 3.63) is 171 Å². The van der Waals surface area contributed by atoms with Crippen molar-refractivity contribution in [1.82, 2.24) is 10.2 Å². The molecule has 0 radical (unpaired) electrons. The van der Waals surface area contributed by atoms with Crippen molar-refractivity contribution < 1.29 is 19.1 Å². The first-order chi connectivity index (χ1) is 29.9. The van der Waals surface area contributed by atoms with Gasteiger partial charge in [-0.1, -0.05) is 166 Å². The summed E-state index contributed by atoms with van der Waals surface area (Å²) < 4.78 is 11.5. The maximum absolute atomic E-state index is 12.5. The Morgan fingerprint density at radius 3 is 1.33 bits per heavy atom. The molecule has 0 aromatic heterocycles. The SMILES string of the molecule is C=C1N=C(NC(=O)CCC=CCC=CCC=CCC=CCC=CCC=CCC)C=CN1C(C)OC(C)COC(=O)CCC=CCC=CCC=CCC=CCC=CCC=CCC. The second-order valence-electron chi connectivity index (χ2n) is 14.3. The number of esters is 1. The van der Waals surface area contributed by atoms with Gasteiger partial charge in [0.15, 0.2) is 0 Å². The summed E-state index contributed by atoms with van der Waals surface area (Å²) in [5.41, 5.74) is 0. The third kappa shape index (κ3) is 34.2. The molecule has 7 nitrogen and oxygen atoms in total. The molecule has 0 aliphatic carbocycles. The number of carbonyl (C=O) groups excluding carboxylic acids is 2. The Morgan fingerprint density at radius 1 is 0.590 bits per heavy atom. The van der Waals surface area contributed by atoms with Crippen molar-refractivity contribution >= 4 is 17.7 Å². The summed E-state index contributed by atoms with van der Waals surface area (Å²) in [5, 5.41) is 2.85. The van der Waals surface area contributed by atoms with Crippen LogP contribution in [0.25, 0.3) is 0 Å². The number of carbonyl (C=O) groups is 2. The maximum atomic E-state index is 12.5. The largest absolute Gasteiger partial charge is 0.463 e. The highest BCUT2D eigenvalue weighted by molar-refractivity contribution is 6.05. The van der Waals surface area contributed by atoms with Gasteiger partial charge in [-0.25, -0.2) is 4.99 Å². The molecule has 1 aliphatic heterocycles. The van der Waals surface area contributed by atoms with Gasteiger partial charge in [0.05, 0.1) is 6.10 Å². The maximum Gasteiger partial charge on any atom is 0.306 e. The van der Waals surface area contributed by atoms with Gasteiger partial charge in [-0.2, -0.15) is 0 Å². The van der Waals surface area contributed by atoms with Crippen LogP contribution in [0.3, 0.4) is 0 Å². The van der Waals surface area contributed by atoms with Gasteiger partial charge >= 0.3 is 5.97 Å². The van der Waals surface area contributed by atoms with E-state index in [1.54, 1.807) is 17.2 Å². The average Bonchev–Trinajstić information content (AvgIpc) is 3.24. The normalized spacial score (nSPS) is 15.3. The lowest BCUT2D eigenvalue weighted by atomic mass is 10.2. The molecule has 0 bridgehead atoms. The monoisotopic (exact) mass is 832 g/mol. The van der Waals surface area contributed by atoms with Gasteiger partial charge in [-0.05, 0) is 110 Å². The van der Waals surface area contributed by atoms with Crippen LogP contribution < -0.4 is 5.32 Å². The molecule has 1 aliphatic rings. The fourth-order valence-electron chi connectivity index (χ4n) is 5.50. The summed E-state index contributed by atoms with van der Waals surface area (Å²) in [6.07, 6.45) is 68.3. The number of nitrogens with zero attached hydrogens (tertiary/aromatic N) is 2. The van der Waals surface area contributed by atoms with E-state index in [1.165, 1.54) is 0 Å². The zero-order valence-corrected chi connectivity index (χ0v) is 37.9. The molecule has 0 saturated carbocycles. The second kappa shape index (κ2) is 40.2. The molecule has 332 valence electrons. The average molecular weight is 832 g/mol. The summed E-state index contributed by atoms with van der Waals surface area (Å²) in [5.74, 6) is 0.526. The Morgan fingerprint density at radius 2 is 0.951 bits per heavy atom. The molecular formula is C54H77N3O4. The highest BCUT2D eigenvalue weighted by atomic mass is 16.6. The van der Waals surface area contributed by atoms with Crippen LogP contribution in [0.1, 0.15) is 130 Å². The van der Waals surface area contributed by atoms with Gasteiger partial charge in [0, 0.05) is 19.0 Å². The highest BCUT2D eigenvalue weighted by Crippen LogP contribution is 2.17. The fourth-order valence-corrected chi connectivity index (χ4v) is 5.50. The summed E-state index contributed by atoms with van der Waals surface area (Å²) in [6.45, 7) is 12.2.